The number of nitro groups is 1. The molecule has 1 aromatic carbocycles. The number of aromatic nitrogens is 1. The van der Waals surface area contributed by atoms with Crippen LogP contribution >= 0.6 is 0 Å². The zero-order chi connectivity index (χ0) is 24.2. The molecule has 0 aliphatic rings. The first-order valence-electron chi connectivity index (χ1n) is 11.4. The highest BCUT2D eigenvalue weighted by molar-refractivity contribution is 5.97. The first kappa shape index (κ1) is 26.1. The van der Waals surface area contributed by atoms with Crippen LogP contribution in [-0.4, -0.2) is 64.0 Å². The molecule has 33 heavy (non-hydrogen) atoms. The zero-order valence-electron chi connectivity index (χ0n) is 19.7. The third kappa shape index (κ3) is 8.02. The van der Waals surface area contributed by atoms with Crippen molar-refractivity contribution in [1.82, 2.24) is 14.4 Å². The number of unbranched alkanes of at least 4 members (excludes halogenated alkanes) is 1. The van der Waals surface area contributed by atoms with Gasteiger partial charge in [-0.3, -0.25) is 19.7 Å². The summed E-state index contributed by atoms with van der Waals surface area (Å²) in [4.78, 5) is 40.3. The highest BCUT2D eigenvalue weighted by atomic mass is 16.6. The van der Waals surface area contributed by atoms with Gasteiger partial charge in [0.2, 0.25) is 5.91 Å². The molecular weight excluding hydrogens is 424 g/mol. The molecule has 0 aliphatic heterocycles. The largest absolute Gasteiger partial charge is 0.382 e. The molecule has 9 nitrogen and oxygen atoms in total. The molecule has 0 aliphatic carbocycles. The van der Waals surface area contributed by atoms with Crippen molar-refractivity contribution in [3.8, 4) is 0 Å². The Hall–Kier alpha value is -3.20. The second kappa shape index (κ2) is 13.4. The Balaban J connectivity index is 2.20. The van der Waals surface area contributed by atoms with Crippen molar-refractivity contribution in [3.63, 3.8) is 0 Å². The van der Waals surface area contributed by atoms with Gasteiger partial charge in [-0.25, -0.2) is 0 Å². The summed E-state index contributed by atoms with van der Waals surface area (Å²) in [6.07, 6.45) is 4.30. The van der Waals surface area contributed by atoms with E-state index in [2.05, 4.69) is 6.92 Å². The number of nitrogens with zero attached hydrogens (tertiary/aromatic N) is 4. The van der Waals surface area contributed by atoms with Gasteiger partial charge in [0.15, 0.2) is 0 Å². The van der Waals surface area contributed by atoms with E-state index in [0.29, 0.717) is 39.3 Å². The normalized spacial score (nSPS) is 10.8. The summed E-state index contributed by atoms with van der Waals surface area (Å²) in [6.45, 7) is 6.27. The molecule has 0 fully saturated rings. The van der Waals surface area contributed by atoms with Gasteiger partial charge in [-0.2, -0.15) is 0 Å². The molecule has 0 bridgehead atoms. The van der Waals surface area contributed by atoms with Crippen LogP contribution in [0.4, 0.5) is 5.69 Å². The highest BCUT2D eigenvalue weighted by Gasteiger charge is 2.24. The summed E-state index contributed by atoms with van der Waals surface area (Å²) in [5.74, 6) is -0.558. The number of aryl methyl sites for hydroxylation is 1. The highest BCUT2D eigenvalue weighted by Crippen LogP contribution is 2.16. The number of rotatable bonds is 14. The van der Waals surface area contributed by atoms with Gasteiger partial charge in [-0.15, -0.1) is 0 Å². The first-order valence-corrected chi connectivity index (χ1v) is 11.4. The van der Waals surface area contributed by atoms with E-state index in [9.17, 15) is 19.7 Å². The van der Waals surface area contributed by atoms with Gasteiger partial charge >= 0.3 is 0 Å². The Morgan fingerprint density at radius 1 is 1.09 bits per heavy atom. The van der Waals surface area contributed by atoms with Crippen LogP contribution in [0, 0.1) is 10.1 Å². The monoisotopic (exact) mass is 458 g/mol. The van der Waals surface area contributed by atoms with Crippen molar-refractivity contribution in [1.29, 1.82) is 0 Å². The molecule has 0 atom stereocenters. The molecule has 2 amide bonds. The van der Waals surface area contributed by atoms with Crippen molar-refractivity contribution in [2.45, 2.75) is 39.7 Å². The lowest BCUT2D eigenvalue weighted by atomic mass is 10.1. The van der Waals surface area contributed by atoms with Crippen molar-refractivity contribution < 1.29 is 19.2 Å². The molecule has 2 aromatic rings. The molecule has 0 radical (unpaired) electrons. The standard InChI is InChI=1S/C24H34N4O5/c1-4-6-14-26(18-22-12-8-13-25(22)3)23(29)19-27(15-9-16-33-5-2)24(30)20-10-7-11-21(17-20)28(31)32/h7-8,10-13,17H,4-6,9,14-16,18-19H2,1-3H3. The van der Waals surface area contributed by atoms with Gasteiger partial charge in [0, 0.05) is 62.9 Å². The number of non-ortho nitro benzene ring substituents is 1. The first-order chi connectivity index (χ1) is 15.9. The number of carbonyl (C=O) groups is 2. The van der Waals surface area contributed by atoms with Gasteiger partial charge < -0.3 is 19.1 Å². The Labute approximate surface area is 195 Å². The molecular formula is C24H34N4O5. The fourth-order valence-electron chi connectivity index (χ4n) is 3.45. The van der Waals surface area contributed by atoms with Crippen LogP contribution in [0.15, 0.2) is 42.6 Å². The topological polar surface area (TPSA) is 97.9 Å². The van der Waals surface area contributed by atoms with E-state index in [-0.39, 0.29) is 23.7 Å². The number of hydrogen-bond acceptors (Lipinski definition) is 5. The van der Waals surface area contributed by atoms with Gasteiger partial charge in [-0.05, 0) is 38.0 Å². The summed E-state index contributed by atoms with van der Waals surface area (Å²) < 4.78 is 7.36. The Bertz CT molecular complexity index is 927. The molecule has 0 saturated carbocycles. The van der Waals surface area contributed by atoms with E-state index in [1.165, 1.54) is 29.2 Å². The third-order valence-corrected chi connectivity index (χ3v) is 5.38. The third-order valence-electron chi connectivity index (χ3n) is 5.38. The number of nitro benzene ring substituents is 1. The van der Waals surface area contributed by atoms with Crippen LogP contribution in [-0.2, 0) is 23.1 Å². The molecule has 0 spiro atoms. The van der Waals surface area contributed by atoms with E-state index in [0.717, 1.165) is 18.5 Å². The molecule has 0 N–H and O–H groups in total. The van der Waals surface area contributed by atoms with Crippen molar-refractivity contribution in [3.05, 3.63) is 64.0 Å². The maximum atomic E-state index is 13.3. The van der Waals surface area contributed by atoms with E-state index in [4.69, 9.17) is 4.74 Å². The number of benzene rings is 1. The molecule has 0 unspecified atom stereocenters. The summed E-state index contributed by atoms with van der Waals surface area (Å²) in [5, 5.41) is 11.1. The predicted octanol–water partition coefficient (Wildman–Crippen LogP) is 3.63. The molecule has 9 heteroatoms. The van der Waals surface area contributed by atoms with E-state index < -0.39 is 10.8 Å². The Kier molecular flexibility index (Phi) is 10.6. The fourth-order valence-corrected chi connectivity index (χ4v) is 3.45. The molecule has 180 valence electrons. The quantitative estimate of drug-likeness (QED) is 0.245. The summed E-state index contributed by atoms with van der Waals surface area (Å²) >= 11 is 0. The summed E-state index contributed by atoms with van der Waals surface area (Å²) in [6, 6.07) is 9.52. The van der Waals surface area contributed by atoms with Gasteiger partial charge in [0.1, 0.15) is 6.54 Å². The minimum absolute atomic E-state index is 0.0954. The lowest BCUT2D eigenvalue weighted by Gasteiger charge is -2.28. The number of amides is 2. The van der Waals surface area contributed by atoms with Crippen LogP contribution in [0.2, 0.25) is 0 Å². The molecule has 1 aromatic heterocycles. The second-order valence-electron chi connectivity index (χ2n) is 7.86. The van der Waals surface area contributed by atoms with Crippen LogP contribution in [0.5, 0.6) is 0 Å². The summed E-state index contributed by atoms with van der Waals surface area (Å²) in [5.41, 5.74) is 1.04. The fraction of sp³-hybridized carbons (Fsp3) is 0.500. The van der Waals surface area contributed by atoms with Crippen molar-refractivity contribution in [2.75, 3.05) is 32.8 Å². The van der Waals surface area contributed by atoms with E-state index >= 15 is 0 Å². The van der Waals surface area contributed by atoms with Gasteiger partial charge in [0.05, 0.1) is 11.5 Å². The number of carbonyl (C=O) groups excluding carboxylic acids is 2. The molecule has 2 rings (SSSR count). The van der Waals surface area contributed by atoms with Crippen molar-refractivity contribution >= 4 is 17.5 Å². The van der Waals surface area contributed by atoms with Crippen LogP contribution < -0.4 is 0 Å². The lowest BCUT2D eigenvalue weighted by molar-refractivity contribution is -0.384. The van der Waals surface area contributed by atoms with Gasteiger partial charge in [-0.1, -0.05) is 19.4 Å². The smallest absolute Gasteiger partial charge is 0.270 e. The van der Waals surface area contributed by atoms with Gasteiger partial charge in [0.25, 0.3) is 11.6 Å². The number of ether oxygens (including phenoxy) is 1. The van der Waals surface area contributed by atoms with E-state index in [1.54, 1.807) is 4.90 Å². The Morgan fingerprint density at radius 3 is 2.48 bits per heavy atom. The maximum absolute atomic E-state index is 13.3. The maximum Gasteiger partial charge on any atom is 0.270 e. The van der Waals surface area contributed by atoms with Crippen LogP contribution in [0.25, 0.3) is 0 Å². The van der Waals surface area contributed by atoms with Crippen LogP contribution in [0.3, 0.4) is 0 Å². The SMILES string of the molecule is CCCCN(Cc1cccn1C)C(=O)CN(CCCOCC)C(=O)c1cccc([N+](=O)[O-])c1. The Morgan fingerprint density at radius 2 is 1.85 bits per heavy atom. The molecule has 0 saturated heterocycles. The van der Waals surface area contributed by atoms with Crippen LogP contribution in [0.1, 0.15) is 49.2 Å². The minimum atomic E-state index is -0.534. The average molecular weight is 459 g/mol. The lowest BCUT2D eigenvalue weighted by Crippen LogP contribution is -2.43. The second-order valence-corrected chi connectivity index (χ2v) is 7.86. The average Bonchev–Trinajstić information content (AvgIpc) is 3.22. The van der Waals surface area contributed by atoms with E-state index in [1.807, 2.05) is 36.9 Å². The van der Waals surface area contributed by atoms with Crippen molar-refractivity contribution in [2.24, 2.45) is 7.05 Å². The zero-order valence-corrected chi connectivity index (χ0v) is 19.7. The molecule has 1 heterocycles. The predicted molar refractivity (Wildman–Crippen MR) is 126 cm³/mol. The number of hydrogen-bond donors (Lipinski definition) is 0. The minimum Gasteiger partial charge on any atom is -0.382 e. The summed E-state index contributed by atoms with van der Waals surface area (Å²) in [7, 11) is 1.93.